The molecular formula is C24H27N3O6S2. The van der Waals surface area contributed by atoms with E-state index in [1.807, 2.05) is 13.0 Å². The maximum atomic E-state index is 12.6. The highest BCUT2D eigenvalue weighted by molar-refractivity contribution is 7.92. The first-order valence-electron chi connectivity index (χ1n) is 10.5. The van der Waals surface area contributed by atoms with E-state index < -0.39 is 26.0 Å². The Bertz CT molecular complexity index is 1430. The number of amides is 1. The van der Waals surface area contributed by atoms with Gasteiger partial charge in [0.1, 0.15) is 5.75 Å². The first-order chi connectivity index (χ1) is 16.4. The smallest absolute Gasteiger partial charge is 0.262 e. The number of aryl methyl sites for hydroxylation is 2. The van der Waals surface area contributed by atoms with Gasteiger partial charge in [-0.2, -0.15) is 0 Å². The van der Waals surface area contributed by atoms with Crippen molar-refractivity contribution in [2.75, 3.05) is 30.7 Å². The van der Waals surface area contributed by atoms with E-state index in [-0.39, 0.29) is 16.4 Å². The summed E-state index contributed by atoms with van der Waals surface area (Å²) in [6, 6.07) is 17.1. The fourth-order valence-corrected chi connectivity index (χ4v) is 5.06. The molecule has 2 N–H and O–H groups in total. The van der Waals surface area contributed by atoms with Crippen LogP contribution in [0.15, 0.2) is 76.5 Å². The molecule has 186 valence electrons. The Morgan fingerprint density at radius 3 is 2.17 bits per heavy atom. The number of rotatable bonds is 9. The van der Waals surface area contributed by atoms with Crippen LogP contribution in [0.4, 0.5) is 11.4 Å². The molecule has 3 rings (SSSR count). The minimum Gasteiger partial charge on any atom is -0.484 e. The Kier molecular flexibility index (Phi) is 7.83. The minimum absolute atomic E-state index is 0.0466. The van der Waals surface area contributed by atoms with Crippen molar-refractivity contribution in [2.24, 2.45) is 0 Å². The Hall–Kier alpha value is -3.41. The van der Waals surface area contributed by atoms with Gasteiger partial charge in [-0.15, -0.1) is 0 Å². The second-order valence-electron chi connectivity index (χ2n) is 8.05. The molecule has 0 radical (unpaired) electrons. The highest BCUT2D eigenvalue weighted by Crippen LogP contribution is 2.23. The molecule has 0 saturated carbocycles. The van der Waals surface area contributed by atoms with Crippen LogP contribution in [0, 0.1) is 13.8 Å². The number of ether oxygens (including phenoxy) is 1. The van der Waals surface area contributed by atoms with Crippen molar-refractivity contribution in [3.63, 3.8) is 0 Å². The van der Waals surface area contributed by atoms with Crippen LogP contribution >= 0.6 is 0 Å². The lowest BCUT2D eigenvalue weighted by molar-refractivity contribution is -0.118. The van der Waals surface area contributed by atoms with Crippen LogP contribution in [-0.2, 0) is 24.8 Å². The van der Waals surface area contributed by atoms with Gasteiger partial charge in [-0.3, -0.25) is 9.52 Å². The van der Waals surface area contributed by atoms with E-state index in [9.17, 15) is 21.6 Å². The molecule has 35 heavy (non-hydrogen) atoms. The number of nitrogens with zero attached hydrogens (tertiary/aromatic N) is 1. The van der Waals surface area contributed by atoms with Gasteiger partial charge in [-0.05, 0) is 73.5 Å². The lowest BCUT2D eigenvalue weighted by Gasteiger charge is -2.14. The van der Waals surface area contributed by atoms with Crippen molar-refractivity contribution in [3.05, 3.63) is 77.9 Å². The second-order valence-corrected chi connectivity index (χ2v) is 11.9. The molecule has 0 aliphatic carbocycles. The van der Waals surface area contributed by atoms with Crippen molar-refractivity contribution in [1.82, 2.24) is 4.31 Å². The van der Waals surface area contributed by atoms with Gasteiger partial charge >= 0.3 is 0 Å². The molecule has 1 amide bonds. The monoisotopic (exact) mass is 517 g/mol. The van der Waals surface area contributed by atoms with E-state index in [4.69, 9.17) is 4.74 Å². The standard InChI is InChI=1S/C24H27N3O6S2/c1-17-6-5-7-19(14-17)26-34(29,30)21-12-9-20(10-13-21)33-16-24(28)25-23-15-22(11-8-18(23)2)35(31,32)27(3)4/h5-15,26H,16H2,1-4H3,(H,25,28). The Balaban J connectivity index is 1.63. The van der Waals surface area contributed by atoms with Crippen LogP contribution in [0.25, 0.3) is 0 Å². The third-order valence-electron chi connectivity index (χ3n) is 5.04. The number of carbonyl (C=O) groups excluding carboxylic acids is 1. The summed E-state index contributed by atoms with van der Waals surface area (Å²) in [6.45, 7) is 3.26. The summed E-state index contributed by atoms with van der Waals surface area (Å²) in [4.78, 5) is 12.5. The number of hydrogen-bond donors (Lipinski definition) is 2. The number of carbonyl (C=O) groups is 1. The van der Waals surface area contributed by atoms with Crippen LogP contribution in [-0.4, -0.2) is 47.8 Å². The summed E-state index contributed by atoms with van der Waals surface area (Å²) in [6.07, 6.45) is 0. The first-order valence-corrected chi connectivity index (χ1v) is 13.5. The van der Waals surface area contributed by atoms with Crippen LogP contribution in [0.1, 0.15) is 11.1 Å². The number of anilines is 2. The van der Waals surface area contributed by atoms with Gasteiger partial charge in [-0.1, -0.05) is 18.2 Å². The number of hydrogen-bond acceptors (Lipinski definition) is 6. The summed E-state index contributed by atoms with van der Waals surface area (Å²) >= 11 is 0. The van der Waals surface area contributed by atoms with Crippen LogP contribution in [0.5, 0.6) is 5.75 Å². The van der Waals surface area contributed by atoms with Gasteiger partial charge in [0.2, 0.25) is 10.0 Å². The summed E-state index contributed by atoms with van der Waals surface area (Å²) in [5.74, 6) is -0.194. The molecule has 0 fully saturated rings. The average molecular weight is 518 g/mol. The zero-order valence-corrected chi connectivity index (χ0v) is 21.4. The van der Waals surface area contributed by atoms with Crippen LogP contribution < -0.4 is 14.8 Å². The van der Waals surface area contributed by atoms with E-state index in [1.165, 1.54) is 50.5 Å². The molecule has 0 heterocycles. The maximum absolute atomic E-state index is 12.6. The molecule has 0 spiro atoms. The lowest BCUT2D eigenvalue weighted by Crippen LogP contribution is -2.23. The predicted molar refractivity (Wildman–Crippen MR) is 135 cm³/mol. The molecule has 9 nitrogen and oxygen atoms in total. The van der Waals surface area contributed by atoms with Gasteiger partial charge < -0.3 is 10.1 Å². The largest absolute Gasteiger partial charge is 0.484 e. The van der Waals surface area contributed by atoms with Gasteiger partial charge in [0, 0.05) is 25.5 Å². The number of benzene rings is 3. The fraction of sp³-hybridized carbons (Fsp3) is 0.208. The van der Waals surface area contributed by atoms with E-state index in [2.05, 4.69) is 10.0 Å². The quantitative estimate of drug-likeness (QED) is 0.449. The molecule has 0 aliphatic heterocycles. The first kappa shape index (κ1) is 26.2. The number of nitrogens with one attached hydrogen (secondary N) is 2. The third-order valence-corrected chi connectivity index (χ3v) is 8.24. The Labute approximate surface area is 205 Å². The summed E-state index contributed by atoms with van der Waals surface area (Å²) in [5, 5.41) is 2.65. The fourth-order valence-electron chi connectivity index (χ4n) is 3.08. The van der Waals surface area contributed by atoms with Gasteiger partial charge in [0.05, 0.1) is 9.79 Å². The SMILES string of the molecule is Cc1cccc(NS(=O)(=O)c2ccc(OCC(=O)Nc3cc(S(=O)(=O)N(C)C)ccc3C)cc2)c1. The highest BCUT2D eigenvalue weighted by Gasteiger charge is 2.19. The zero-order valence-electron chi connectivity index (χ0n) is 19.8. The number of sulfonamides is 2. The molecule has 0 bridgehead atoms. The molecule has 0 saturated heterocycles. The molecule has 0 atom stereocenters. The van der Waals surface area contributed by atoms with Crippen molar-refractivity contribution in [2.45, 2.75) is 23.6 Å². The highest BCUT2D eigenvalue weighted by atomic mass is 32.2. The normalized spacial score (nSPS) is 11.8. The summed E-state index contributed by atoms with van der Waals surface area (Å²) < 4.78 is 59.0. The average Bonchev–Trinajstić information content (AvgIpc) is 2.79. The van der Waals surface area contributed by atoms with Gasteiger partial charge in [0.25, 0.3) is 15.9 Å². The summed E-state index contributed by atoms with van der Waals surface area (Å²) in [7, 11) is -4.58. The molecule has 0 aliphatic rings. The van der Waals surface area contributed by atoms with Gasteiger partial charge in [0.15, 0.2) is 6.61 Å². The topological polar surface area (TPSA) is 122 Å². The Morgan fingerprint density at radius 1 is 0.886 bits per heavy atom. The van der Waals surface area contributed by atoms with E-state index in [0.29, 0.717) is 22.7 Å². The predicted octanol–water partition coefficient (Wildman–Crippen LogP) is 3.37. The van der Waals surface area contributed by atoms with Crippen molar-refractivity contribution in [1.29, 1.82) is 0 Å². The summed E-state index contributed by atoms with van der Waals surface area (Å²) in [5.41, 5.74) is 2.42. The van der Waals surface area contributed by atoms with E-state index in [1.54, 1.807) is 31.2 Å². The molecule has 3 aromatic carbocycles. The molecule has 3 aromatic rings. The molecule has 0 aromatic heterocycles. The molecule has 0 unspecified atom stereocenters. The van der Waals surface area contributed by atoms with Crippen molar-refractivity contribution < 1.29 is 26.4 Å². The zero-order chi connectivity index (χ0) is 25.8. The molecule has 11 heteroatoms. The van der Waals surface area contributed by atoms with Gasteiger partial charge in [-0.25, -0.2) is 21.1 Å². The van der Waals surface area contributed by atoms with E-state index in [0.717, 1.165) is 9.87 Å². The van der Waals surface area contributed by atoms with Crippen LogP contribution in [0.2, 0.25) is 0 Å². The molecular weight excluding hydrogens is 490 g/mol. The van der Waals surface area contributed by atoms with Crippen molar-refractivity contribution >= 4 is 37.3 Å². The maximum Gasteiger partial charge on any atom is 0.262 e. The second kappa shape index (κ2) is 10.5. The van der Waals surface area contributed by atoms with E-state index >= 15 is 0 Å². The van der Waals surface area contributed by atoms with Crippen molar-refractivity contribution in [3.8, 4) is 5.75 Å². The minimum atomic E-state index is -3.78. The third kappa shape index (κ3) is 6.59. The Morgan fingerprint density at radius 2 is 1.54 bits per heavy atom. The lowest BCUT2D eigenvalue weighted by atomic mass is 10.2. The van der Waals surface area contributed by atoms with Crippen LogP contribution in [0.3, 0.4) is 0 Å².